The van der Waals surface area contributed by atoms with Gasteiger partial charge in [-0.15, -0.1) is 0 Å². The van der Waals surface area contributed by atoms with Crippen molar-refractivity contribution in [1.82, 2.24) is 5.32 Å². The van der Waals surface area contributed by atoms with Crippen LogP contribution >= 0.6 is 47.3 Å². The Balaban J connectivity index is 2.01. The molecule has 2 aromatic rings. The van der Waals surface area contributed by atoms with Gasteiger partial charge in [-0.25, -0.2) is 0 Å². The quantitative estimate of drug-likeness (QED) is 0.336. The molecular weight excluding hydrogens is 400 g/mol. The molecule has 0 atom stereocenters. The fourth-order valence-electron chi connectivity index (χ4n) is 2.05. The second-order valence-electron chi connectivity index (χ2n) is 4.89. The van der Waals surface area contributed by atoms with Crippen molar-refractivity contribution in [3.05, 3.63) is 68.1 Å². The highest BCUT2D eigenvalue weighted by Gasteiger charge is 2.23. The number of nitrogens with one attached hydrogen (secondary N) is 1. The molecule has 1 amide bonds. The Labute approximate surface area is 162 Å². The molecule has 1 fully saturated rings. The average molecular weight is 409 g/mol. The van der Waals surface area contributed by atoms with Gasteiger partial charge in [0.2, 0.25) is 0 Å². The molecule has 0 radical (unpaired) electrons. The minimum Gasteiger partial charge on any atom is -0.307 e. The molecule has 0 unspecified atom stereocenters. The van der Waals surface area contributed by atoms with Crippen molar-refractivity contribution in [2.24, 2.45) is 0 Å². The zero-order valence-electron chi connectivity index (χ0n) is 12.4. The molecule has 1 saturated heterocycles. The molecule has 0 spiro atoms. The maximum atomic E-state index is 11.9. The van der Waals surface area contributed by atoms with Crippen molar-refractivity contribution in [2.75, 3.05) is 0 Å². The van der Waals surface area contributed by atoms with Crippen LogP contribution in [-0.4, -0.2) is 15.2 Å². The largest absolute Gasteiger partial charge is 0.307 e. The number of nitrogens with zero attached hydrogens (tertiary/aromatic N) is 1. The van der Waals surface area contributed by atoms with Gasteiger partial charge in [-0.3, -0.25) is 14.9 Å². The highest BCUT2D eigenvalue weighted by molar-refractivity contribution is 8.26. The molecule has 3 rings (SSSR count). The van der Waals surface area contributed by atoms with Crippen LogP contribution in [0.5, 0.6) is 0 Å². The second kappa shape index (κ2) is 7.57. The molecule has 2 aromatic carbocycles. The van der Waals surface area contributed by atoms with E-state index in [1.165, 1.54) is 23.9 Å². The number of non-ortho nitro benzene ring substituents is 1. The van der Waals surface area contributed by atoms with E-state index < -0.39 is 4.92 Å². The first-order valence-corrected chi connectivity index (χ1v) is 9.31. The minimum absolute atomic E-state index is 0.0433. The molecule has 1 aliphatic heterocycles. The number of halogens is 1. The van der Waals surface area contributed by atoms with Gasteiger partial charge >= 0.3 is 0 Å². The summed E-state index contributed by atoms with van der Waals surface area (Å²) in [7, 11) is 0. The Hall–Kier alpha value is -1.87. The van der Waals surface area contributed by atoms with E-state index in [0.29, 0.717) is 19.8 Å². The van der Waals surface area contributed by atoms with E-state index in [-0.39, 0.29) is 11.6 Å². The molecule has 0 saturated carbocycles. The van der Waals surface area contributed by atoms with E-state index >= 15 is 0 Å². The predicted octanol–water partition coefficient (Wildman–Crippen LogP) is 4.89. The van der Waals surface area contributed by atoms with Crippen molar-refractivity contribution >= 4 is 69.3 Å². The number of nitro groups is 1. The van der Waals surface area contributed by atoms with E-state index in [0.717, 1.165) is 21.6 Å². The Morgan fingerprint density at radius 3 is 2.56 bits per heavy atom. The van der Waals surface area contributed by atoms with Gasteiger partial charge in [-0.1, -0.05) is 47.3 Å². The van der Waals surface area contributed by atoms with Crippen LogP contribution in [0, 0.1) is 10.1 Å². The first-order valence-electron chi connectivity index (χ1n) is 6.89. The number of amides is 1. The average Bonchev–Trinajstić information content (AvgIpc) is 2.88. The third kappa shape index (κ3) is 4.40. The number of hydrogen-bond acceptors (Lipinski definition) is 6. The number of hydrogen-bond donors (Lipinski definition) is 1. The van der Waals surface area contributed by atoms with E-state index in [2.05, 4.69) is 5.32 Å². The van der Waals surface area contributed by atoms with Gasteiger partial charge in [0.25, 0.3) is 11.6 Å². The maximum absolute atomic E-state index is 11.9. The van der Waals surface area contributed by atoms with E-state index in [9.17, 15) is 14.9 Å². The predicted molar refractivity (Wildman–Crippen MR) is 105 cm³/mol. The lowest BCUT2D eigenvalue weighted by atomic mass is 10.2. The van der Waals surface area contributed by atoms with Gasteiger partial charge in [0.15, 0.2) is 0 Å². The van der Waals surface area contributed by atoms with Gasteiger partial charge in [-0.2, -0.15) is 0 Å². The van der Waals surface area contributed by atoms with Crippen molar-refractivity contribution in [3.8, 4) is 0 Å². The first kappa shape index (κ1) is 17.9. The molecule has 5 nitrogen and oxygen atoms in total. The summed E-state index contributed by atoms with van der Waals surface area (Å²) in [6.45, 7) is 0. The van der Waals surface area contributed by atoms with Crippen LogP contribution in [0.15, 0.2) is 57.2 Å². The van der Waals surface area contributed by atoms with Gasteiger partial charge in [0.1, 0.15) is 4.32 Å². The number of rotatable bonds is 4. The summed E-state index contributed by atoms with van der Waals surface area (Å²) in [5, 5.41) is 14.2. The fraction of sp³-hybridized carbons (Fsp3) is 0. The van der Waals surface area contributed by atoms with Gasteiger partial charge in [0.05, 0.1) is 9.83 Å². The lowest BCUT2D eigenvalue weighted by molar-refractivity contribution is -0.384. The monoisotopic (exact) mass is 408 g/mol. The lowest BCUT2D eigenvalue weighted by Crippen LogP contribution is -2.17. The standard InChI is InChI=1S/C16H9ClN2O3S3/c17-10-1-4-12(5-2-10)24-13-6-3-11(19(21)22)7-9(13)8-14-15(20)18-16(23)25-14/h1-8H,(H,18,20,23)/b14-8+. The number of carbonyl (C=O) groups is 1. The van der Waals surface area contributed by atoms with Gasteiger partial charge in [0, 0.05) is 26.9 Å². The number of thiocarbonyl (C=S) groups is 1. The number of carbonyl (C=O) groups excluding carboxylic acids is 1. The maximum Gasteiger partial charge on any atom is 0.270 e. The van der Waals surface area contributed by atoms with Crippen molar-refractivity contribution < 1.29 is 9.72 Å². The topological polar surface area (TPSA) is 72.2 Å². The second-order valence-corrected chi connectivity index (χ2v) is 8.16. The van der Waals surface area contributed by atoms with E-state index in [1.54, 1.807) is 24.3 Å². The Kier molecular flexibility index (Phi) is 5.43. The summed E-state index contributed by atoms with van der Waals surface area (Å²) in [6, 6.07) is 11.8. The van der Waals surface area contributed by atoms with Crippen LogP contribution in [-0.2, 0) is 4.79 Å². The van der Waals surface area contributed by atoms with E-state index in [4.69, 9.17) is 23.8 Å². The lowest BCUT2D eigenvalue weighted by Gasteiger charge is -2.07. The number of benzene rings is 2. The summed E-state index contributed by atoms with van der Waals surface area (Å²) < 4.78 is 0.369. The summed E-state index contributed by atoms with van der Waals surface area (Å²) in [5.41, 5.74) is 0.537. The molecular formula is C16H9ClN2O3S3. The third-order valence-electron chi connectivity index (χ3n) is 3.17. The third-order valence-corrected chi connectivity index (χ3v) is 5.69. The van der Waals surface area contributed by atoms with Crippen molar-refractivity contribution in [2.45, 2.75) is 9.79 Å². The highest BCUT2D eigenvalue weighted by atomic mass is 35.5. The summed E-state index contributed by atoms with van der Waals surface area (Å²) in [5.74, 6) is -0.302. The van der Waals surface area contributed by atoms with Gasteiger partial charge in [-0.05, 0) is 42.0 Å². The van der Waals surface area contributed by atoms with Gasteiger partial charge < -0.3 is 5.32 Å². The zero-order valence-corrected chi connectivity index (χ0v) is 15.6. The number of thioether (sulfide) groups is 1. The van der Waals surface area contributed by atoms with Crippen LogP contribution in [0.4, 0.5) is 5.69 Å². The summed E-state index contributed by atoms with van der Waals surface area (Å²) >= 11 is 13.4. The van der Waals surface area contributed by atoms with Crippen molar-refractivity contribution in [3.63, 3.8) is 0 Å². The SMILES string of the molecule is O=C1NC(=S)S/C1=C/c1cc([N+](=O)[O-])ccc1Sc1ccc(Cl)cc1. The van der Waals surface area contributed by atoms with Crippen LogP contribution in [0.1, 0.15) is 5.56 Å². The first-order chi connectivity index (χ1) is 11.9. The Morgan fingerprint density at radius 2 is 1.96 bits per heavy atom. The Bertz CT molecular complexity index is 913. The molecule has 126 valence electrons. The molecule has 9 heteroatoms. The zero-order chi connectivity index (χ0) is 18.0. The fourth-order valence-corrected chi connectivity index (χ4v) is 4.11. The van der Waals surface area contributed by atoms with Crippen LogP contribution in [0.25, 0.3) is 6.08 Å². The summed E-state index contributed by atoms with van der Waals surface area (Å²) in [4.78, 5) is 24.6. The van der Waals surface area contributed by atoms with Crippen LogP contribution < -0.4 is 5.32 Å². The molecule has 0 aromatic heterocycles. The summed E-state index contributed by atoms with van der Waals surface area (Å²) in [6.07, 6.45) is 1.62. The molecule has 1 N–H and O–H groups in total. The van der Waals surface area contributed by atoms with E-state index in [1.807, 2.05) is 12.1 Å². The Morgan fingerprint density at radius 1 is 1.24 bits per heavy atom. The molecule has 25 heavy (non-hydrogen) atoms. The normalized spacial score (nSPS) is 15.5. The smallest absolute Gasteiger partial charge is 0.270 e. The molecule has 0 aliphatic carbocycles. The van der Waals surface area contributed by atoms with Crippen LogP contribution in [0.3, 0.4) is 0 Å². The highest BCUT2D eigenvalue weighted by Crippen LogP contribution is 2.36. The number of nitro benzene ring substituents is 1. The molecule has 0 bridgehead atoms. The van der Waals surface area contributed by atoms with Crippen molar-refractivity contribution in [1.29, 1.82) is 0 Å². The minimum atomic E-state index is -0.467. The molecule has 1 aliphatic rings. The van der Waals surface area contributed by atoms with Crippen LogP contribution in [0.2, 0.25) is 5.02 Å². The molecule has 1 heterocycles.